The molecular formula is C17H21BrO. The van der Waals surface area contributed by atoms with Gasteiger partial charge in [0.25, 0.3) is 0 Å². The van der Waals surface area contributed by atoms with Crippen LogP contribution in [0.25, 0.3) is 0 Å². The SMILES string of the molecule is C=C(C)C[C@]1(c2ccc(Br)cc2)CC(C)=CCCO1. The van der Waals surface area contributed by atoms with Gasteiger partial charge in [-0.3, -0.25) is 0 Å². The van der Waals surface area contributed by atoms with Crippen LogP contribution in [0.15, 0.2) is 52.5 Å². The quantitative estimate of drug-likeness (QED) is 0.680. The van der Waals surface area contributed by atoms with E-state index in [1.807, 2.05) is 0 Å². The molecule has 0 aliphatic carbocycles. The Bertz CT molecular complexity index is 486. The van der Waals surface area contributed by atoms with Gasteiger partial charge in [0, 0.05) is 17.3 Å². The third-order valence-electron chi connectivity index (χ3n) is 3.51. The summed E-state index contributed by atoms with van der Waals surface area (Å²) in [4.78, 5) is 0. The van der Waals surface area contributed by atoms with E-state index in [2.05, 4.69) is 66.7 Å². The van der Waals surface area contributed by atoms with Crippen molar-refractivity contribution in [3.8, 4) is 0 Å². The third-order valence-corrected chi connectivity index (χ3v) is 4.04. The van der Waals surface area contributed by atoms with E-state index >= 15 is 0 Å². The molecule has 2 rings (SSSR count). The van der Waals surface area contributed by atoms with Gasteiger partial charge in [0.2, 0.25) is 0 Å². The molecule has 1 heterocycles. The Morgan fingerprint density at radius 3 is 2.68 bits per heavy atom. The normalized spacial score (nSPS) is 23.6. The molecule has 0 radical (unpaired) electrons. The summed E-state index contributed by atoms with van der Waals surface area (Å²) in [5.41, 5.74) is 3.57. The first kappa shape index (κ1) is 14.5. The fourth-order valence-electron chi connectivity index (χ4n) is 2.78. The maximum Gasteiger partial charge on any atom is 0.100 e. The minimum atomic E-state index is -0.246. The van der Waals surface area contributed by atoms with Crippen molar-refractivity contribution < 1.29 is 4.74 Å². The predicted octanol–water partition coefficient (Wildman–Crippen LogP) is 5.37. The summed E-state index contributed by atoms with van der Waals surface area (Å²) in [6.07, 6.45) is 5.11. The summed E-state index contributed by atoms with van der Waals surface area (Å²) in [5.74, 6) is 0. The first-order valence-electron chi connectivity index (χ1n) is 6.72. The number of benzene rings is 1. The number of rotatable bonds is 3. The van der Waals surface area contributed by atoms with Crippen molar-refractivity contribution in [2.45, 2.75) is 38.7 Å². The highest BCUT2D eigenvalue weighted by Crippen LogP contribution is 2.40. The Morgan fingerprint density at radius 1 is 1.37 bits per heavy atom. The van der Waals surface area contributed by atoms with Gasteiger partial charge in [0.05, 0.1) is 6.61 Å². The van der Waals surface area contributed by atoms with E-state index in [9.17, 15) is 0 Å². The molecule has 0 saturated heterocycles. The monoisotopic (exact) mass is 320 g/mol. The lowest BCUT2D eigenvalue weighted by Crippen LogP contribution is -2.30. The minimum Gasteiger partial charge on any atom is -0.369 e. The summed E-state index contributed by atoms with van der Waals surface area (Å²) in [5, 5.41) is 0. The summed E-state index contributed by atoms with van der Waals surface area (Å²) in [7, 11) is 0. The smallest absolute Gasteiger partial charge is 0.100 e. The van der Waals surface area contributed by atoms with Crippen molar-refractivity contribution in [2.75, 3.05) is 6.61 Å². The van der Waals surface area contributed by atoms with Gasteiger partial charge in [0.15, 0.2) is 0 Å². The Balaban J connectivity index is 2.41. The number of halogens is 1. The molecule has 0 N–H and O–H groups in total. The van der Waals surface area contributed by atoms with E-state index in [0.717, 1.165) is 35.9 Å². The minimum absolute atomic E-state index is 0.246. The topological polar surface area (TPSA) is 9.23 Å². The van der Waals surface area contributed by atoms with Crippen molar-refractivity contribution >= 4 is 15.9 Å². The van der Waals surface area contributed by atoms with Crippen LogP contribution >= 0.6 is 15.9 Å². The molecule has 1 aromatic rings. The second-order valence-corrected chi connectivity index (χ2v) is 6.42. The molecule has 1 aliphatic rings. The van der Waals surface area contributed by atoms with Gasteiger partial charge in [-0.15, -0.1) is 6.58 Å². The fraction of sp³-hybridized carbons (Fsp3) is 0.412. The molecule has 1 aromatic carbocycles. The van der Waals surface area contributed by atoms with Crippen LogP contribution in [-0.2, 0) is 10.3 Å². The largest absolute Gasteiger partial charge is 0.369 e. The molecule has 1 aliphatic heterocycles. The maximum atomic E-state index is 6.27. The summed E-state index contributed by atoms with van der Waals surface area (Å²) in [6, 6.07) is 8.49. The van der Waals surface area contributed by atoms with Crippen molar-refractivity contribution in [1.29, 1.82) is 0 Å². The highest BCUT2D eigenvalue weighted by Gasteiger charge is 2.34. The average Bonchev–Trinajstić information content (AvgIpc) is 2.52. The van der Waals surface area contributed by atoms with Gasteiger partial charge in [0.1, 0.15) is 5.60 Å². The number of hydrogen-bond donors (Lipinski definition) is 0. The van der Waals surface area contributed by atoms with E-state index in [-0.39, 0.29) is 5.60 Å². The van der Waals surface area contributed by atoms with Crippen LogP contribution in [0, 0.1) is 0 Å². The van der Waals surface area contributed by atoms with Gasteiger partial charge < -0.3 is 4.74 Å². The van der Waals surface area contributed by atoms with Gasteiger partial charge in [-0.1, -0.05) is 45.3 Å². The molecule has 1 atom stereocenters. The molecule has 0 fully saturated rings. The Labute approximate surface area is 124 Å². The molecule has 0 spiro atoms. The predicted molar refractivity (Wildman–Crippen MR) is 84.2 cm³/mol. The first-order chi connectivity index (χ1) is 9.02. The first-order valence-corrected chi connectivity index (χ1v) is 7.51. The maximum absolute atomic E-state index is 6.27. The molecule has 1 nitrogen and oxygen atoms in total. The average molecular weight is 321 g/mol. The molecule has 102 valence electrons. The van der Waals surface area contributed by atoms with Gasteiger partial charge in [-0.25, -0.2) is 0 Å². The second kappa shape index (κ2) is 6.06. The van der Waals surface area contributed by atoms with Crippen LogP contribution in [0.2, 0.25) is 0 Å². The standard InChI is InChI=1S/C17H21BrO/c1-13(2)11-17(12-14(3)5-4-10-19-17)15-6-8-16(18)9-7-15/h5-9H,1,4,10-12H2,2-3H3/t17-/m1/s1. The van der Waals surface area contributed by atoms with Crippen LogP contribution in [0.1, 0.15) is 38.7 Å². The zero-order valence-corrected chi connectivity index (χ0v) is 13.3. The third kappa shape index (κ3) is 3.58. The lowest BCUT2D eigenvalue weighted by Gasteiger charge is -2.34. The van der Waals surface area contributed by atoms with E-state index in [1.54, 1.807) is 0 Å². The zero-order valence-electron chi connectivity index (χ0n) is 11.7. The van der Waals surface area contributed by atoms with Crippen LogP contribution in [0.4, 0.5) is 0 Å². The van der Waals surface area contributed by atoms with Crippen LogP contribution < -0.4 is 0 Å². The van der Waals surface area contributed by atoms with Gasteiger partial charge in [-0.2, -0.15) is 0 Å². The van der Waals surface area contributed by atoms with Crippen molar-refractivity contribution in [3.63, 3.8) is 0 Å². The highest BCUT2D eigenvalue weighted by atomic mass is 79.9. The highest BCUT2D eigenvalue weighted by molar-refractivity contribution is 9.10. The summed E-state index contributed by atoms with van der Waals surface area (Å²) >= 11 is 3.50. The fourth-order valence-corrected chi connectivity index (χ4v) is 3.04. The van der Waals surface area contributed by atoms with E-state index in [1.165, 1.54) is 11.1 Å². The zero-order chi connectivity index (χ0) is 13.9. The molecule has 0 amide bonds. The molecule has 19 heavy (non-hydrogen) atoms. The second-order valence-electron chi connectivity index (χ2n) is 5.50. The lowest BCUT2D eigenvalue weighted by molar-refractivity contribution is -0.0446. The summed E-state index contributed by atoms with van der Waals surface area (Å²) < 4.78 is 7.37. The summed E-state index contributed by atoms with van der Waals surface area (Å²) in [6.45, 7) is 9.14. The van der Waals surface area contributed by atoms with Crippen LogP contribution in [0.3, 0.4) is 0 Å². The molecule has 0 bridgehead atoms. The number of hydrogen-bond acceptors (Lipinski definition) is 1. The van der Waals surface area contributed by atoms with E-state index < -0.39 is 0 Å². The molecule has 2 heteroatoms. The molecule has 0 saturated carbocycles. The Kier molecular flexibility index (Phi) is 4.64. The van der Waals surface area contributed by atoms with E-state index in [0.29, 0.717) is 0 Å². The molecular weight excluding hydrogens is 300 g/mol. The molecule has 0 aromatic heterocycles. The van der Waals surface area contributed by atoms with Crippen molar-refractivity contribution in [2.24, 2.45) is 0 Å². The van der Waals surface area contributed by atoms with E-state index in [4.69, 9.17) is 4.74 Å². The van der Waals surface area contributed by atoms with Crippen LogP contribution in [-0.4, -0.2) is 6.61 Å². The van der Waals surface area contributed by atoms with Crippen molar-refractivity contribution in [1.82, 2.24) is 0 Å². The van der Waals surface area contributed by atoms with Crippen molar-refractivity contribution in [3.05, 3.63) is 58.1 Å². The Morgan fingerprint density at radius 2 is 2.05 bits per heavy atom. The van der Waals surface area contributed by atoms with Gasteiger partial charge in [-0.05, 0) is 38.0 Å². The lowest BCUT2D eigenvalue weighted by atomic mass is 9.82. The van der Waals surface area contributed by atoms with Gasteiger partial charge >= 0.3 is 0 Å². The Hall–Kier alpha value is -0.860. The van der Waals surface area contributed by atoms with Crippen LogP contribution in [0.5, 0.6) is 0 Å². The molecule has 0 unspecified atom stereocenters. The number of ether oxygens (including phenoxy) is 1.